The minimum Gasteiger partial charge on any atom is -0.314 e. The number of nitrogens with one attached hydrogen (secondary N) is 1. The first-order valence-corrected chi connectivity index (χ1v) is 7.90. The van der Waals surface area contributed by atoms with Crippen molar-refractivity contribution in [3.05, 3.63) is 11.6 Å². The van der Waals surface area contributed by atoms with Crippen LogP contribution in [0.4, 0.5) is 0 Å². The minimum absolute atomic E-state index is 0.652. The zero-order valence-electron chi connectivity index (χ0n) is 13.1. The molecule has 0 aliphatic rings. The molecule has 0 saturated heterocycles. The predicted molar refractivity (Wildman–Crippen MR) is 80.4 cm³/mol. The molecule has 4 nitrogen and oxygen atoms in total. The molecule has 1 N–H and O–H groups in total. The highest BCUT2D eigenvalue weighted by molar-refractivity contribution is 4.92. The lowest BCUT2D eigenvalue weighted by Gasteiger charge is -2.16. The van der Waals surface area contributed by atoms with E-state index in [1.54, 1.807) is 0 Å². The topological polar surface area (TPSA) is 42.7 Å². The fourth-order valence-corrected chi connectivity index (χ4v) is 2.30. The predicted octanol–water partition coefficient (Wildman–Crippen LogP) is 2.96. The summed E-state index contributed by atoms with van der Waals surface area (Å²) in [6, 6.07) is 0.652. The number of aryl methyl sites for hydroxylation is 3. The van der Waals surface area contributed by atoms with Gasteiger partial charge in [-0.15, -0.1) is 0 Å². The first kappa shape index (κ1) is 16.2. The second kappa shape index (κ2) is 9.08. The van der Waals surface area contributed by atoms with Crippen molar-refractivity contribution in [3.8, 4) is 0 Å². The molecule has 0 radical (unpaired) electrons. The van der Waals surface area contributed by atoms with Crippen LogP contribution >= 0.6 is 0 Å². The molecule has 0 saturated carbocycles. The van der Waals surface area contributed by atoms with Gasteiger partial charge in [0, 0.05) is 25.4 Å². The van der Waals surface area contributed by atoms with Crippen molar-refractivity contribution in [2.75, 3.05) is 6.54 Å². The molecule has 1 aromatic rings. The molecule has 0 aromatic carbocycles. The molecule has 1 aromatic heterocycles. The quantitative estimate of drug-likeness (QED) is 0.708. The summed E-state index contributed by atoms with van der Waals surface area (Å²) < 4.78 is 2.10. The molecule has 0 bridgehead atoms. The summed E-state index contributed by atoms with van der Waals surface area (Å²) in [5.41, 5.74) is 0. The van der Waals surface area contributed by atoms with Crippen molar-refractivity contribution < 1.29 is 0 Å². The van der Waals surface area contributed by atoms with E-state index < -0.39 is 0 Å². The fraction of sp³-hybridized carbons (Fsp3) is 0.867. The van der Waals surface area contributed by atoms with Crippen molar-refractivity contribution in [1.29, 1.82) is 0 Å². The zero-order valence-corrected chi connectivity index (χ0v) is 13.1. The monoisotopic (exact) mass is 266 g/mol. The van der Waals surface area contributed by atoms with Gasteiger partial charge in [-0.1, -0.05) is 27.7 Å². The fourth-order valence-electron chi connectivity index (χ4n) is 2.30. The van der Waals surface area contributed by atoms with Gasteiger partial charge in [-0.2, -0.15) is 5.10 Å². The molecule has 0 aliphatic heterocycles. The lowest BCUT2D eigenvalue weighted by molar-refractivity contribution is 0.427. The van der Waals surface area contributed by atoms with Crippen LogP contribution in [0.5, 0.6) is 0 Å². The molecule has 1 unspecified atom stereocenters. The van der Waals surface area contributed by atoms with Crippen LogP contribution < -0.4 is 5.32 Å². The Morgan fingerprint density at radius 2 is 1.95 bits per heavy atom. The van der Waals surface area contributed by atoms with Gasteiger partial charge in [0.05, 0.1) is 0 Å². The maximum atomic E-state index is 4.57. The second-order valence-corrected chi connectivity index (χ2v) is 5.08. The Morgan fingerprint density at radius 1 is 1.16 bits per heavy atom. The van der Waals surface area contributed by atoms with Crippen LogP contribution in [0, 0.1) is 0 Å². The van der Waals surface area contributed by atoms with E-state index in [0.717, 1.165) is 37.6 Å². The summed E-state index contributed by atoms with van der Waals surface area (Å²) >= 11 is 0. The van der Waals surface area contributed by atoms with Gasteiger partial charge in [-0.05, 0) is 32.2 Å². The average Bonchev–Trinajstić information content (AvgIpc) is 2.85. The lowest BCUT2D eigenvalue weighted by Crippen LogP contribution is -2.29. The van der Waals surface area contributed by atoms with Gasteiger partial charge in [0.25, 0.3) is 0 Å². The molecule has 110 valence electrons. The first-order valence-electron chi connectivity index (χ1n) is 7.90. The van der Waals surface area contributed by atoms with Gasteiger partial charge < -0.3 is 5.32 Å². The van der Waals surface area contributed by atoms with Crippen molar-refractivity contribution in [2.24, 2.45) is 0 Å². The van der Waals surface area contributed by atoms with Crippen LogP contribution in [-0.4, -0.2) is 27.4 Å². The van der Waals surface area contributed by atoms with E-state index in [9.17, 15) is 0 Å². The molecular formula is C15H30N4. The van der Waals surface area contributed by atoms with E-state index >= 15 is 0 Å². The van der Waals surface area contributed by atoms with E-state index in [4.69, 9.17) is 0 Å². The van der Waals surface area contributed by atoms with Gasteiger partial charge in [0.2, 0.25) is 0 Å². The minimum atomic E-state index is 0.652. The lowest BCUT2D eigenvalue weighted by atomic mass is 10.1. The number of rotatable bonds is 10. The highest BCUT2D eigenvalue weighted by Crippen LogP contribution is 2.07. The van der Waals surface area contributed by atoms with Crippen molar-refractivity contribution in [1.82, 2.24) is 20.1 Å². The molecular weight excluding hydrogens is 236 g/mol. The third-order valence-electron chi connectivity index (χ3n) is 3.52. The number of aromatic nitrogens is 3. The SMILES string of the molecule is CCCNC(CC)CCCn1nc(CC)nc1CC. The van der Waals surface area contributed by atoms with Crippen molar-refractivity contribution in [2.45, 2.75) is 78.8 Å². The van der Waals surface area contributed by atoms with Gasteiger partial charge in [0.1, 0.15) is 5.82 Å². The van der Waals surface area contributed by atoms with E-state index in [-0.39, 0.29) is 0 Å². The first-order chi connectivity index (χ1) is 9.24. The van der Waals surface area contributed by atoms with Gasteiger partial charge >= 0.3 is 0 Å². The van der Waals surface area contributed by atoms with E-state index in [2.05, 4.69) is 47.8 Å². The normalized spacial score (nSPS) is 12.8. The van der Waals surface area contributed by atoms with E-state index in [1.165, 1.54) is 25.7 Å². The molecule has 0 spiro atoms. The summed E-state index contributed by atoms with van der Waals surface area (Å²) in [6.07, 6.45) is 6.71. The molecule has 4 heteroatoms. The Kier molecular flexibility index (Phi) is 7.72. The highest BCUT2D eigenvalue weighted by Gasteiger charge is 2.08. The molecule has 1 heterocycles. The average molecular weight is 266 g/mol. The Labute approximate surface area is 118 Å². The molecule has 0 aliphatic carbocycles. The summed E-state index contributed by atoms with van der Waals surface area (Å²) in [7, 11) is 0. The van der Waals surface area contributed by atoms with Crippen LogP contribution in [0.2, 0.25) is 0 Å². The largest absolute Gasteiger partial charge is 0.314 e. The summed E-state index contributed by atoms with van der Waals surface area (Å²) in [6.45, 7) is 10.9. The number of hydrogen-bond donors (Lipinski definition) is 1. The molecule has 19 heavy (non-hydrogen) atoms. The molecule has 1 rings (SSSR count). The Balaban J connectivity index is 2.40. The van der Waals surface area contributed by atoms with Gasteiger partial charge in [0.15, 0.2) is 5.82 Å². The molecule has 0 fully saturated rings. The van der Waals surface area contributed by atoms with Crippen LogP contribution in [0.3, 0.4) is 0 Å². The zero-order chi connectivity index (χ0) is 14.1. The third kappa shape index (κ3) is 5.31. The Bertz CT molecular complexity index is 346. The van der Waals surface area contributed by atoms with Crippen LogP contribution in [0.25, 0.3) is 0 Å². The number of nitrogens with zero attached hydrogens (tertiary/aromatic N) is 3. The highest BCUT2D eigenvalue weighted by atomic mass is 15.3. The molecule has 1 atom stereocenters. The maximum Gasteiger partial charge on any atom is 0.150 e. The maximum absolute atomic E-state index is 4.57. The van der Waals surface area contributed by atoms with E-state index in [0.29, 0.717) is 6.04 Å². The van der Waals surface area contributed by atoms with E-state index in [1.807, 2.05) is 0 Å². The van der Waals surface area contributed by atoms with Crippen LogP contribution in [-0.2, 0) is 19.4 Å². The van der Waals surface area contributed by atoms with Crippen LogP contribution in [0.15, 0.2) is 0 Å². The summed E-state index contributed by atoms with van der Waals surface area (Å²) in [4.78, 5) is 4.55. The Hall–Kier alpha value is -0.900. The smallest absolute Gasteiger partial charge is 0.150 e. The van der Waals surface area contributed by atoms with Crippen LogP contribution in [0.1, 0.15) is 65.0 Å². The number of hydrogen-bond acceptors (Lipinski definition) is 3. The van der Waals surface area contributed by atoms with Crippen molar-refractivity contribution in [3.63, 3.8) is 0 Å². The standard InChI is InChI=1S/C15H30N4/c1-5-11-16-13(6-2)10-9-12-19-15(8-4)17-14(7-3)18-19/h13,16H,5-12H2,1-4H3. The third-order valence-corrected chi connectivity index (χ3v) is 3.52. The summed E-state index contributed by atoms with van der Waals surface area (Å²) in [5.74, 6) is 2.11. The second-order valence-electron chi connectivity index (χ2n) is 5.08. The van der Waals surface area contributed by atoms with Gasteiger partial charge in [-0.3, -0.25) is 0 Å². The Morgan fingerprint density at radius 3 is 2.53 bits per heavy atom. The molecule has 0 amide bonds. The summed E-state index contributed by atoms with van der Waals surface area (Å²) in [5, 5.41) is 8.17. The van der Waals surface area contributed by atoms with Gasteiger partial charge in [-0.25, -0.2) is 9.67 Å². The van der Waals surface area contributed by atoms with Crippen molar-refractivity contribution >= 4 is 0 Å².